The first-order valence-electron chi connectivity index (χ1n) is 5.90. The van der Waals surface area contributed by atoms with Gasteiger partial charge in [-0.05, 0) is 38.5 Å². The van der Waals surface area contributed by atoms with Crippen LogP contribution in [0.3, 0.4) is 0 Å². The van der Waals surface area contributed by atoms with Crippen molar-refractivity contribution in [3.05, 3.63) is 35.1 Å². The van der Waals surface area contributed by atoms with Crippen LogP contribution in [0.4, 0.5) is 9.18 Å². The van der Waals surface area contributed by atoms with Gasteiger partial charge in [-0.3, -0.25) is 4.79 Å². The first-order chi connectivity index (χ1) is 8.73. The molecular formula is C14H18FNO3. The maximum absolute atomic E-state index is 13.4. The van der Waals surface area contributed by atoms with Gasteiger partial charge in [0.2, 0.25) is 0 Å². The monoisotopic (exact) mass is 267 g/mol. The van der Waals surface area contributed by atoms with Gasteiger partial charge in [-0.2, -0.15) is 0 Å². The molecule has 4 nitrogen and oxygen atoms in total. The Morgan fingerprint density at radius 1 is 1.42 bits per heavy atom. The molecule has 0 fully saturated rings. The molecule has 0 bridgehead atoms. The van der Waals surface area contributed by atoms with Crippen molar-refractivity contribution < 1.29 is 18.7 Å². The number of amides is 1. The van der Waals surface area contributed by atoms with Gasteiger partial charge in [0.05, 0.1) is 5.56 Å². The second kappa shape index (κ2) is 5.82. The van der Waals surface area contributed by atoms with Crippen LogP contribution in [0.1, 0.15) is 36.7 Å². The van der Waals surface area contributed by atoms with Crippen molar-refractivity contribution in [1.29, 1.82) is 0 Å². The van der Waals surface area contributed by atoms with Gasteiger partial charge in [-0.15, -0.1) is 0 Å². The number of halogens is 1. The number of carbonyl (C=O) groups is 2. The molecule has 0 aliphatic carbocycles. The Bertz CT molecular complexity index is 480. The lowest BCUT2D eigenvalue weighted by Crippen LogP contribution is -2.33. The van der Waals surface area contributed by atoms with E-state index in [9.17, 15) is 14.0 Å². The predicted octanol–water partition coefficient (Wildman–Crippen LogP) is 3.01. The molecule has 0 saturated heterocycles. The summed E-state index contributed by atoms with van der Waals surface area (Å²) in [6.45, 7) is 5.54. The average Bonchev–Trinajstić information content (AvgIpc) is 2.27. The van der Waals surface area contributed by atoms with Crippen molar-refractivity contribution in [3.8, 4) is 0 Å². The van der Waals surface area contributed by atoms with E-state index in [1.807, 2.05) is 0 Å². The van der Waals surface area contributed by atoms with E-state index in [1.54, 1.807) is 33.9 Å². The molecule has 0 radical (unpaired) electrons. The fourth-order valence-electron chi connectivity index (χ4n) is 1.44. The van der Waals surface area contributed by atoms with E-state index < -0.39 is 17.5 Å². The largest absolute Gasteiger partial charge is 0.444 e. The van der Waals surface area contributed by atoms with Crippen molar-refractivity contribution in [2.24, 2.45) is 0 Å². The van der Waals surface area contributed by atoms with E-state index in [0.717, 1.165) is 0 Å². The van der Waals surface area contributed by atoms with Gasteiger partial charge in [0.1, 0.15) is 11.4 Å². The van der Waals surface area contributed by atoms with Crippen LogP contribution in [0.2, 0.25) is 0 Å². The van der Waals surface area contributed by atoms with Gasteiger partial charge >= 0.3 is 6.09 Å². The minimum Gasteiger partial charge on any atom is -0.444 e. The molecule has 0 aliphatic rings. The maximum Gasteiger partial charge on any atom is 0.410 e. The molecule has 1 amide bonds. The van der Waals surface area contributed by atoms with E-state index in [4.69, 9.17) is 4.74 Å². The summed E-state index contributed by atoms with van der Waals surface area (Å²) in [5.74, 6) is -0.593. The number of ether oxygens (including phenoxy) is 1. The van der Waals surface area contributed by atoms with Crippen LogP contribution in [0.15, 0.2) is 18.2 Å². The predicted molar refractivity (Wildman–Crippen MR) is 69.5 cm³/mol. The molecule has 0 unspecified atom stereocenters. The Hall–Kier alpha value is -1.91. The summed E-state index contributed by atoms with van der Waals surface area (Å²) in [6, 6.07) is 4.24. The number of aldehydes is 1. The van der Waals surface area contributed by atoms with E-state index in [0.29, 0.717) is 11.8 Å². The first kappa shape index (κ1) is 15.1. The zero-order valence-electron chi connectivity index (χ0n) is 11.6. The lowest BCUT2D eigenvalue weighted by molar-refractivity contribution is 0.0285. The maximum atomic E-state index is 13.4. The summed E-state index contributed by atoms with van der Waals surface area (Å²) < 4.78 is 18.6. The first-order valence-corrected chi connectivity index (χ1v) is 5.90. The SMILES string of the molecule is CN(Cc1ccc(C=O)c(F)c1)C(=O)OC(C)(C)C. The van der Waals surface area contributed by atoms with E-state index >= 15 is 0 Å². The van der Waals surface area contributed by atoms with Crippen molar-refractivity contribution in [2.75, 3.05) is 7.05 Å². The summed E-state index contributed by atoms with van der Waals surface area (Å²) in [5, 5.41) is 0. The van der Waals surface area contributed by atoms with Crippen molar-refractivity contribution in [3.63, 3.8) is 0 Å². The molecule has 0 saturated carbocycles. The van der Waals surface area contributed by atoms with Gasteiger partial charge in [-0.1, -0.05) is 6.07 Å². The van der Waals surface area contributed by atoms with Crippen molar-refractivity contribution in [2.45, 2.75) is 32.9 Å². The molecule has 1 rings (SSSR count). The molecule has 0 aromatic heterocycles. The highest BCUT2D eigenvalue weighted by Gasteiger charge is 2.19. The number of nitrogens with zero attached hydrogens (tertiary/aromatic N) is 1. The Kier molecular flexibility index (Phi) is 4.64. The zero-order valence-corrected chi connectivity index (χ0v) is 11.6. The number of benzene rings is 1. The Labute approximate surface area is 112 Å². The quantitative estimate of drug-likeness (QED) is 0.791. The van der Waals surface area contributed by atoms with Crippen LogP contribution in [-0.4, -0.2) is 29.9 Å². The number of hydrogen-bond donors (Lipinski definition) is 0. The zero-order chi connectivity index (χ0) is 14.6. The van der Waals surface area contributed by atoms with Crippen LogP contribution in [0, 0.1) is 5.82 Å². The molecular weight excluding hydrogens is 249 g/mol. The summed E-state index contributed by atoms with van der Waals surface area (Å²) in [4.78, 5) is 23.6. The third-order valence-electron chi connectivity index (χ3n) is 2.32. The van der Waals surface area contributed by atoms with Crippen LogP contribution < -0.4 is 0 Å². The normalized spacial score (nSPS) is 11.0. The lowest BCUT2D eigenvalue weighted by Gasteiger charge is -2.24. The number of rotatable bonds is 3. The Balaban J connectivity index is 2.71. The molecule has 0 spiro atoms. The summed E-state index contributed by atoms with van der Waals surface area (Å²) in [5.41, 5.74) is 0.0259. The van der Waals surface area contributed by atoms with Crippen LogP contribution in [-0.2, 0) is 11.3 Å². The third kappa shape index (κ3) is 4.69. The molecule has 0 N–H and O–H groups in total. The third-order valence-corrected chi connectivity index (χ3v) is 2.32. The van der Waals surface area contributed by atoms with Gasteiger partial charge < -0.3 is 9.64 Å². The van der Waals surface area contributed by atoms with E-state index in [-0.39, 0.29) is 12.1 Å². The van der Waals surface area contributed by atoms with Gasteiger partial charge in [0, 0.05) is 13.6 Å². The summed E-state index contributed by atoms with van der Waals surface area (Å²) >= 11 is 0. The fourth-order valence-corrected chi connectivity index (χ4v) is 1.44. The van der Waals surface area contributed by atoms with Crippen LogP contribution >= 0.6 is 0 Å². The molecule has 0 atom stereocenters. The number of carbonyl (C=O) groups excluding carboxylic acids is 2. The van der Waals surface area contributed by atoms with Crippen LogP contribution in [0.5, 0.6) is 0 Å². The molecule has 0 heterocycles. The van der Waals surface area contributed by atoms with Crippen LogP contribution in [0.25, 0.3) is 0 Å². The van der Waals surface area contributed by atoms with Gasteiger partial charge in [0.25, 0.3) is 0 Å². The minimum atomic E-state index is -0.593. The van der Waals surface area contributed by atoms with E-state index in [2.05, 4.69) is 0 Å². The second-order valence-electron chi connectivity index (χ2n) is 5.31. The highest BCUT2D eigenvalue weighted by atomic mass is 19.1. The standard InChI is InChI=1S/C14H18FNO3/c1-14(2,3)19-13(18)16(4)8-10-5-6-11(9-17)12(15)7-10/h5-7,9H,8H2,1-4H3. The van der Waals surface area contributed by atoms with Gasteiger partial charge in [-0.25, -0.2) is 9.18 Å². The summed E-state index contributed by atoms with van der Waals surface area (Å²) in [7, 11) is 1.57. The van der Waals surface area contributed by atoms with Gasteiger partial charge in [0.15, 0.2) is 6.29 Å². The average molecular weight is 267 g/mol. The molecule has 19 heavy (non-hydrogen) atoms. The Morgan fingerprint density at radius 2 is 2.05 bits per heavy atom. The molecule has 1 aromatic rings. The Morgan fingerprint density at radius 3 is 2.53 bits per heavy atom. The highest BCUT2D eigenvalue weighted by molar-refractivity contribution is 5.75. The molecule has 104 valence electrons. The molecule has 1 aromatic carbocycles. The fraction of sp³-hybridized carbons (Fsp3) is 0.429. The van der Waals surface area contributed by atoms with Crippen molar-refractivity contribution in [1.82, 2.24) is 4.90 Å². The topological polar surface area (TPSA) is 46.6 Å². The molecule has 5 heteroatoms. The second-order valence-corrected chi connectivity index (χ2v) is 5.31. The minimum absolute atomic E-state index is 0.00340. The van der Waals surface area contributed by atoms with Crippen molar-refractivity contribution >= 4 is 12.4 Å². The van der Waals surface area contributed by atoms with E-state index in [1.165, 1.54) is 17.0 Å². The lowest BCUT2D eigenvalue weighted by atomic mass is 10.1. The smallest absolute Gasteiger partial charge is 0.410 e. The molecule has 0 aliphatic heterocycles. The number of hydrogen-bond acceptors (Lipinski definition) is 3. The summed E-state index contributed by atoms with van der Waals surface area (Å²) in [6.07, 6.45) is -0.0242. The highest BCUT2D eigenvalue weighted by Crippen LogP contribution is 2.13.